The zero-order valence-electron chi connectivity index (χ0n) is 10.5. The first-order valence-electron chi connectivity index (χ1n) is 6.28. The summed E-state index contributed by atoms with van der Waals surface area (Å²) >= 11 is 3.57. The number of aromatic nitrogens is 2. The fourth-order valence-electron chi connectivity index (χ4n) is 2.44. The van der Waals surface area contributed by atoms with E-state index in [2.05, 4.69) is 49.9 Å². The Kier molecular flexibility index (Phi) is 3.37. The van der Waals surface area contributed by atoms with E-state index in [1.807, 2.05) is 6.07 Å². The zero-order valence-corrected chi connectivity index (χ0v) is 12.1. The van der Waals surface area contributed by atoms with Crippen LogP contribution in [0, 0.1) is 0 Å². The van der Waals surface area contributed by atoms with Crippen molar-refractivity contribution in [3.8, 4) is 0 Å². The number of benzene rings is 1. The summed E-state index contributed by atoms with van der Waals surface area (Å²) in [7, 11) is 2.10. The quantitative estimate of drug-likeness (QED) is 0.917. The molecule has 0 radical (unpaired) electrons. The average molecular weight is 309 g/mol. The molecule has 2 aromatic rings. The second kappa shape index (κ2) is 4.99. The third-order valence-corrected chi connectivity index (χ3v) is 4.17. The molecule has 1 N–H and O–H groups in total. The fraction of sp³-hybridized carbons (Fsp3) is 0.462. The van der Waals surface area contributed by atoms with Gasteiger partial charge in [-0.3, -0.25) is 4.90 Å². The number of fused-ring (bicyclic) bond motifs is 1. The van der Waals surface area contributed by atoms with Crippen LogP contribution in [0.15, 0.2) is 22.7 Å². The van der Waals surface area contributed by atoms with Crippen LogP contribution in [-0.4, -0.2) is 40.6 Å². The van der Waals surface area contributed by atoms with Gasteiger partial charge in [0.1, 0.15) is 11.3 Å². The molecule has 4 nitrogen and oxygen atoms in total. The monoisotopic (exact) mass is 308 g/mol. The molecule has 5 heteroatoms. The highest BCUT2D eigenvalue weighted by Crippen LogP contribution is 2.24. The van der Waals surface area contributed by atoms with Crippen molar-refractivity contribution in [1.82, 2.24) is 19.8 Å². The molecule has 0 spiro atoms. The Hall–Kier alpha value is -0.910. The first kappa shape index (κ1) is 12.1. The molecule has 1 fully saturated rings. The van der Waals surface area contributed by atoms with Gasteiger partial charge in [-0.2, -0.15) is 0 Å². The van der Waals surface area contributed by atoms with E-state index < -0.39 is 0 Å². The summed E-state index contributed by atoms with van der Waals surface area (Å²) in [5.41, 5.74) is 2.25. The molecule has 2 heterocycles. The molecular weight excluding hydrogens is 292 g/mol. The van der Waals surface area contributed by atoms with Crippen molar-refractivity contribution in [1.29, 1.82) is 0 Å². The van der Waals surface area contributed by atoms with Gasteiger partial charge in [0, 0.05) is 37.7 Å². The van der Waals surface area contributed by atoms with Crippen LogP contribution in [0.2, 0.25) is 0 Å². The van der Waals surface area contributed by atoms with Gasteiger partial charge in [0.2, 0.25) is 0 Å². The van der Waals surface area contributed by atoms with Gasteiger partial charge in [-0.25, -0.2) is 4.98 Å². The van der Waals surface area contributed by atoms with Crippen LogP contribution in [0.3, 0.4) is 0 Å². The lowest BCUT2D eigenvalue weighted by molar-refractivity contribution is 0.226. The van der Waals surface area contributed by atoms with Gasteiger partial charge in [-0.15, -0.1) is 0 Å². The lowest BCUT2D eigenvalue weighted by Crippen LogP contribution is -2.43. The second-order valence-electron chi connectivity index (χ2n) is 4.72. The molecule has 0 saturated carbocycles. The summed E-state index contributed by atoms with van der Waals surface area (Å²) < 4.78 is 3.27. The van der Waals surface area contributed by atoms with Gasteiger partial charge >= 0.3 is 0 Å². The van der Waals surface area contributed by atoms with E-state index in [4.69, 9.17) is 4.98 Å². The molecule has 1 aromatic heterocycles. The van der Waals surface area contributed by atoms with Crippen LogP contribution in [0.1, 0.15) is 5.82 Å². The molecule has 0 unspecified atom stereocenters. The molecule has 1 aliphatic rings. The molecule has 1 aliphatic heterocycles. The van der Waals surface area contributed by atoms with E-state index in [1.165, 1.54) is 5.52 Å². The van der Waals surface area contributed by atoms with Gasteiger partial charge < -0.3 is 9.88 Å². The molecule has 0 amide bonds. The maximum atomic E-state index is 4.76. The fourth-order valence-corrected chi connectivity index (χ4v) is 2.88. The summed E-state index contributed by atoms with van der Waals surface area (Å²) in [6.07, 6.45) is 0. The molecule has 3 rings (SSSR count). The Morgan fingerprint density at radius 2 is 2.11 bits per heavy atom. The van der Waals surface area contributed by atoms with E-state index in [0.717, 1.165) is 48.5 Å². The van der Waals surface area contributed by atoms with E-state index in [1.54, 1.807) is 0 Å². The van der Waals surface area contributed by atoms with E-state index in [9.17, 15) is 0 Å². The maximum Gasteiger partial charge on any atom is 0.123 e. The van der Waals surface area contributed by atoms with Gasteiger partial charge in [0.25, 0.3) is 0 Å². The largest absolute Gasteiger partial charge is 0.330 e. The SMILES string of the molecule is Cn1c(CN2CCNCC2)nc2c(Br)cccc21. The zero-order chi connectivity index (χ0) is 12.5. The number of halogens is 1. The average Bonchev–Trinajstić information content (AvgIpc) is 2.70. The predicted molar refractivity (Wildman–Crippen MR) is 76.6 cm³/mol. The molecule has 0 bridgehead atoms. The predicted octanol–water partition coefficient (Wildman–Crippen LogP) is 1.74. The van der Waals surface area contributed by atoms with Gasteiger partial charge in [0.15, 0.2) is 0 Å². The molecule has 18 heavy (non-hydrogen) atoms. The second-order valence-corrected chi connectivity index (χ2v) is 5.58. The number of nitrogens with one attached hydrogen (secondary N) is 1. The minimum Gasteiger partial charge on any atom is -0.330 e. The van der Waals surface area contributed by atoms with E-state index in [-0.39, 0.29) is 0 Å². The van der Waals surface area contributed by atoms with Crippen LogP contribution in [0.5, 0.6) is 0 Å². The van der Waals surface area contributed by atoms with Crippen LogP contribution in [-0.2, 0) is 13.6 Å². The number of para-hydroxylation sites is 1. The van der Waals surface area contributed by atoms with Crippen molar-refractivity contribution in [3.63, 3.8) is 0 Å². The number of aryl methyl sites for hydroxylation is 1. The molecular formula is C13H17BrN4. The topological polar surface area (TPSA) is 33.1 Å². The van der Waals surface area contributed by atoms with Gasteiger partial charge in [-0.05, 0) is 28.1 Å². The molecule has 1 saturated heterocycles. The lowest BCUT2D eigenvalue weighted by atomic mass is 10.3. The highest BCUT2D eigenvalue weighted by Gasteiger charge is 2.15. The van der Waals surface area contributed by atoms with Crippen molar-refractivity contribution in [2.24, 2.45) is 7.05 Å². The van der Waals surface area contributed by atoms with Gasteiger partial charge in [-0.1, -0.05) is 6.07 Å². The summed E-state index contributed by atoms with van der Waals surface area (Å²) in [6.45, 7) is 5.29. The smallest absolute Gasteiger partial charge is 0.123 e. The lowest BCUT2D eigenvalue weighted by Gasteiger charge is -2.26. The third kappa shape index (κ3) is 2.18. The summed E-state index contributed by atoms with van der Waals surface area (Å²) in [5, 5.41) is 3.37. The molecule has 1 aromatic carbocycles. The number of rotatable bonds is 2. The Morgan fingerprint density at radius 1 is 1.33 bits per heavy atom. The number of hydrogen-bond donors (Lipinski definition) is 1. The highest BCUT2D eigenvalue weighted by molar-refractivity contribution is 9.10. The third-order valence-electron chi connectivity index (χ3n) is 3.53. The first-order valence-corrected chi connectivity index (χ1v) is 7.08. The highest BCUT2D eigenvalue weighted by atomic mass is 79.9. The minimum atomic E-state index is 0.930. The van der Waals surface area contributed by atoms with Crippen molar-refractivity contribution in [2.75, 3.05) is 26.2 Å². The van der Waals surface area contributed by atoms with Crippen LogP contribution >= 0.6 is 15.9 Å². The summed E-state index contributed by atoms with van der Waals surface area (Å²) in [4.78, 5) is 7.21. The summed E-state index contributed by atoms with van der Waals surface area (Å²) in [5.74, 6) is 1.14. The van der Waals surface area contributed by atoms with Crippen molar-refractivity contribution < 1.29 is 0 Å². The summed E-state index contributed by atoms with van der Waals surface area (Å²) in [6, 6.07) is 6.22. The van der Waals surface area contributed by atoms with Crippen LogP contribution in [0.25, 0.3) is 11.0 Å². The number of nitrogens with zero attached hydrogens (tertiary/aromatic N) is 3. The molecule has 0 atom stereocenters. The number of piperazine rings is 1. The number of hydrogen-bond acceptors (Lipinski definition) is 3. The first-order chi connectivity index (χ1) is 8.75. The van der Waals surface area contributed by atoms with Crippen molar-refractivity contribution in [3.05, 3.63) is 28.5 Å². The number of imidazole rings is 1. The normalized spacial score (nSPS) is 17.4. The Morgan fingerprint density at radius 3 is 2.83 bits per heavy atom. The Labute approximate surface area is 115 Å². The van der Waals surface area contributed by atoms with Crippen molar-refractivity contribution in [2.45, 2.75) is 6.54 Å². The minimum absolute atomic E-state index is 0.930. The van der Waals surface area contributed by atoms with Gasteiger partial charge in [0.05, 0.1) is 12.1 Å². The Bertz CT molecular complexity index is 557. The molecule has 96 valence electrons. The van der Waals surface area contributed by atoms with E-state index in [0.29, 0.717) is 0 Å². The van der Waals surface area contributed by atoms with E-state index >= 15 is 0 Å². The van der Waals surface area contributed by atoms with Crippen molar-refractivity contribution >= 4 is 27.0 Å². The molecule has 0 aliphatic carbocycles. The standard InChI is InChI=1S/C13H17BrN4/c1-17-11-4-2-3-10(14)13(11)16-12(17)9-18-7-5-15-6-8-18/h2-4,15H,5-9H2,1H3. The van der Waals surface area contributed by atoms with Crippen LogP contribution in [0.4, 0.5) is 0 Å². The van der Waals surface area contributed by atoms with Crippen LogP contribution < -0.4 is 5.32 Å². The maximum absolute atomic E-state index is 4.76. The Balaban J connectivity index is 1.92.